The molecule has 0 spiro atoms. The molecule has 1 aromatic carbocycles. The van der Waals surface area contributed by atoms with Crippen molar-refractivity contribution in [2.45, 2.75) is 13.0 Å². The topological polar surface area (TPSA) is 62.2 Å². The number of aromatic nitrogens is 1. The molecule has 2 N–H and O–H groups in total. The number of hydrogen-bond donors (Lipinski definition) is 2. The number of aryl methyl sites for hydroxylation is 1. The van der Waals surface area contributed by atoms with Crippen LogP contribution in [-0.4, -0.2) is 22.6 Å². The lowest BCUT2D eigenvalue weighted by atomic mass is 10.1. The van der Waals surface area contributed by atoms with Crippen molar-refractivity contribution < 1.29 is 9.90 Å². The number of rotatable bonds is 4. The van der Waals surface area contributed by atoms with Crippen LogP contribution in [0.5, 0.6) is 0 Å². The summed E-state index contributed by atoms with van der Waals surface area (Å²) in [4.78, 5) is 16.2. The van der Waals surface area contributed by atoms with Gasteiger partial charge in [0.25, 0.3) is 5.91 Å². The van der Waals surface area contributed by atoms with Crippen molar-refractivity contribution in [3.63, 3.8) is 0 Å². The minimum atomic E-state index is -0.469. The maximum Gasteiger partial charge on any atom is 0.270 e. The average molecular weight is 291 g/mol. The molecule has 1 atom stereocenters. The third-order valence-electron chi connectivity index (χ3n) is 2.97. The normalized spacial score (nSPS) is 11.9. The largest absolute Gasteiger partial charge is 0.394 e. The molecule has 0 aliphatic heterocycles. The third kappa shape index (κ3) is 3.35. The van der Waals surface area contributed by atoms with E-state index < -0.39 is 6.04 Å². The third-order valence-corrected chi connectivity index (χ3v) is 3.18. The van der Waals surface area contributed by atoms with Crippen molar-refractivity contribution >= 4 is 17.5 Å². The zero-order valence-corrected chi connectivity index (χ0v) is 11.8. The molecule has 104 valence electrons. The van der Waals surface area contributed by atoms with Crippen LogP contribution in [0.25, 0.3) is 0 Å². The first kappa shape index (κ1) is 14.5. The number of benzene rings is 1. The van der Waals surface area contributed by atoms with Crippen LogP contribution >= 0.6 is 11.6 Å². The van der Waals surface area contributed by atoms with Crippen LogP contribution in [0.4, 0.5) is 0 Å². The number of aliphatic hydroxyl groups excluding tert-OH is 1. The van der Waals surface area contributed by atoms with Gasteiger partial charge in [0.2, 0.25) is 0 Å². The Labute approximate surface area is 122 Å². The molecule has 2 rings (SSSR count). The molecule has 1 heterocycles. The average Bonchev–Trinajstić information content (AvgIpc) is 2.48. The summed E-state index contributed by atoms with van der Waals surface area (Å²) in [5.74, 6) is -0.354. The van der Waals surface area contributed by atoms with E-state index in [9.17, 15) is 9.90 Å². The summed E-state index contributed by atoms with van der Waals surface area (Å²) in [7, 11) is 0. The van der Waals surface area contributed by atoms with Crippen molar-refractivity contribution in [3.8, 4) is 0 Å². The summed E-state index contributed by atoms with van der Waals surface area (Å²) < 4.78 is 0. The Kier molecular flexibility index (Phi) is 4.71. The Bertz CT molecular complexity index is 602. The number of hydrogen-bond acceptors (Lipinski definition) is 3. The van der Waals surface area contributed by atoms with E-state index in [1.54, 1.807) is 19.1 Å². The van der Waals surface area contributed by atoms with Crippen molar-refractivity contribution in [2.75, 3.05) is 6.61 Å². The first-order valence-corrected chi connectivity index (χ1v) is 6.59. The van der Waals surface area contributed by atoms with Gasteiger partial charge in [0, 0.05) is 0 Å². The van der Waals surface area contributed by atoms with Crippen molar-refractivity contribution in [1.82, 2.24) is 10.3 Å². The molecule has 0 radical (unpaired) electrons. The zero-order chi connectivity index (χ0) is 14.5. The van der Waals surface area contributed by atoms with E-state index in [-0.39, 0.29) is 23.4 Å². The van der Waals surface area contributed by atoms with Gasteiger partial charge in [-0.2, -0.15) is 0 Å². The highest BCUT2D eigenvalue weighted by molar-refractivity contribution is 6.29. The van der Waals surface area contributed by atoms with Gasteiger partial charge in [-0.3, -0.25) is 4.79 Å². The van der Waals surface area contributed by atoms with Crippen molar-refractivity contribution in [3.05, 3.63) is 64.4 Å². The minimum absolute atomic E-state index is 0.185. The highest BCUT2D eigenvalue weighted by Gasteiger charge is 2.17. The minimum Gasteiger partial charge on any atom is -0.394 e. The maximum absolute atomic E-state index is 12.2. The van der Waals surface area contributed by atoms with Crippen LogP contribution in [0.1, 0.15) is 27.7 Å². The van der Waals surface area contributed by atoms with Gasteiger partial charge in [-0.25, -0.2) is 4.98 Å². The summed E-state index contributed by atoms with van der Waals surface area (Å²) in [6, 6.07) is 12.2. The lowest BCUT2D eigenvalue weighted by molar-refractivity contribution is 0.0910. The predicted molar refractivity (Wildman–Crippen MR) is 77.7 cm³/mol. The van der Waals surface area contributed by atoms with Crippen molar-refractivity contribution in [2.24, 2.45) is 0 Å². The van der Waals surface area contributed by atoms with E-state index in [2.05, 4.69) is 10.3 Å². The van der Waals surface area contributed by atoms with E-state index in [4.69, 9.17) is 11.6 Å². The van der Waals surface area contributed by atoms with Gasteiger partial charge in [-0.1, -0.05) is 48.0 Å². The Hall–Kier alpha value is -1.91. The number of aliphatic hydroxyl groups is 1. The lowest BCUT2D eigenvalue weighted by Crippen LogP contribution is -2.31. The number of nitrogens with one attached hydrogen (secondary N) is 1. The van der Waals surface area contributed by atoms with E-state index in [0.717, 1.165) is 11.1 Å². The summed E-state index contributed by atoms with van der Waals surface area (Å²) in [6.45, 7) is 1.60. The molecule has 0 bridgehead atoms. The van der Waals surface area contributed by atoms with Gasteiger partial charge in [0.1, 0.15) is 10.8 Å². The SMILES string of the molecule is Cc1ccc(Cl)nc1C(=O)NC(CO)c1ccccc1. The number of nitrogens with zero attached hydrogens (tertiary/aromatic N) is 1. The molecule has 0 saturated heterocycles. The van der Waals surface area contributed by atoms with E-state index in [1.807, 2.05) is 30.3 Å². The van der Waals surface area contributed by atoms with E-state index >= 15 is 0 Å². The number of pyridine rings is 1. The van der Waals surface area contributed by atoms with Crippen LogP contribution in [0.2, 0.25) is 5.15 Å². The maximum atomic E-state index is 12.2. The smallest absolute Gasteiger partial charge is 0.270 e. The van der Waals surface area contributed by atoms with Crippen LogP contribution in [0.3, 0.4) is 0 Å². The highest BCUT2D eigenvalue weighted by atomic mass is 35.5. The Morgan fingerprint density at radius 3 is 2.65 bits per heavy atom. The molecule has 0 aliphatic carbocycles. The standard InChI is InChI=1S/C15H15ClN2O2/c1-10-7-8-13(16)18-14(10)15(20)17-12(9-19)11-5-3-2-4-6-11/h2-8,12,19H,9H2,1H3,(H,17,20). The quantitative estimate of drug-likeness (QED) is 0.851. The number of carbonyl (C=O) groups excluding carboxylic acids is 1. The highest BCUT2D eigenvalue weighted by Crippen LogP contribution is 2.15. The molecular formula is C15H15ClN2O2. The second kappa shape index (κ2) is 6.50. The molecule has 4 nitrogen and oxygen atoms in total. The molecule has 0 fully saturated rings. The second-order valence-electron chi connectivity index (χ2n) is 4.42. The van der Waals surface area contributed by atoms with Gasteiger partial charge in [0.15, 0.2) is 0 Å². The van der Waals surface area contributed by atoms with Gasteiger partial charge in [-0.05, 0) is 24.1 Å². The molecule has 0 aliphatic rings. The summed E-state index contributed by atoms with van der Waals surface area (Å²) in [5, 5.41) is 12.5. The molecule has 1 unspecified atom stereocenters. The summed E-state index contributed by atoms with van der Waals surface area (Å²) in [5.41, 5.74) is 1.84. The van der Waals surface area contributed by atoms with E-state index in [1.165, 1.54) is 0 Å². The first-order chi connectivity index (χ1) is 9.61. The fraction of sp³-hybridized carbons (Fsp3) is 0.200. The molecule has 2 aromatic rings. The lowest BCUT2D eigenvalue weighted by Gasteiger charge is -2.17. The summed E-state index contributed by atoms with van der Waals surface area (Å²) in [6.07, 6.45) is 0. The fourth-order valence-corrected chi connectivity index (χ4v) is 2.03. The number of halogens is 1. The van der Waals surface area contributed by atoms with Crippen LogP contribution < -0.4 is 5.32 Å². The van der Waals surface area contributed by atoms with Gasteiger partial charge < -0.3 is 10.4 Å². The molecule has 0 saturated carbocycles. The Morgan fingerprint density at radius 1 is 1.30 bits per heavy atom. The van der Waals surface area contributed by atoms with Gasteiger partial charge >= 0.3 is 0 Å². The van der Waals surface area contributed by atoms with E-state index in [0.29, 0.717) is 0 Å². The van der Waals surface area contributed by atoms with Crippen LogP contribution in [0.15, 0.2) is 42.5 Å². The molecular weight excluding hydrogens is 276 g/mol. The monoisotopic (exact) mass is 290 g/mol. The molecule has 1 amide bonds. The summed E-state index contributed by atoms with van der Waals surface area (Å²) >= 11 is 5.81. The molecule has 5 heteroatoms. The molecule has 1 aromatic heterocycles. The second-order valence-corrected chi connectivity index (χ2v) is 4.81. The first-order valence-electron chi connectivity index (χ1n) is 6.21. The Balaban J connectivity index is 2.20. The number of amides is 1. The zero-order valence-electron chi connectivity index (χ0n) is 11.0. The molecule has 20 heavy (non-hydrogen) atoms. The fourth-order valence-electron chi connectivity index (χ4n) is 1.88. The Morgan fingerprint density at radius 2 is 2.00 bits per heavy atom. The van der Waals surface area contributed by atoms with Gasteiger partial charge in [0.05, 0.1) is 12.6 Å². The van der Waals surface area contributed by atoms with Crippen molar-refractivity contribution in [1.29, 1.82) is 0 Å². The van der Waals surface area contributed by atoms with Gasteiger partial charge in [-0.15, -0.1) is 0 Å². The van der Waals surface area contributed by atoms with Crippen LogP contribution in [0, 0.1) is 6.92 Å². The predicted octanol–water partition coefficient (Wildman–Crippen LogP) is 2.51. The van der Waals surface area contributed by atoms with Crippen LogP contribution in [-0.2, 0) is 0 Å². The number of carbonyl (C=O) groups is 1.